The van der Waals surface area contributed by atoms with E-state index in [9.17, 15) is 0 Å². The van der Waals surface area contributed by atoms with Crippen LogP contribution in [0.5, 0.6) is 0 Å². The topological polar surface area (TPSA) is 62.9 Å². The molecule has 2 aromatic heterocycles. The molecule has 0 radical (unpaired) electrons. The van der Waals surface area contributed by atoms with Gasteiger partial charge in [-0.15, -0.1) is 35.3 Å². The van der Waals surface area contributed by atoms with E-state index >= 15 is 0 Å². The molecule has 136 valence electrons. The van der Waals surface area contributed by atoms with Gasteiger partial charge in [-0.3, -0.25) is 4.99 Å². The van der Waals surface area contributed by atoms with E-state index < -0.39 is 0 Å². The van der Waals surface area contributed by atoms with Crippen LogP contribution in [0.25, 0.3) is 10.8 Å². The molecule has 2 aromatic rings. The zero-order valence-electron chi connectivity index (χ0n) is 14.2. The summed E-state index contributed by atoms with van der Waals surface area (Å²) in [5.41, 5.74) is 1.22. The van der Waals surface area contributed by atoms with Crippen molar-refractivity contribution in [1.82, 2.24) is 15.2 Å². The molecule has 4 rings (SSSR count). The largest absolute Gasteiger partial charge is 0.443 e. The third-order valence-corrected chi connectivity index (χ3v) is 5.70. The van der Waals surface area contributed by atoms with Crippen LogP contribution in [0.4, 0.5) is 0 Å². The van der Waals surface area contributed by atoms with Crippen molar-refractivity contribution >= 4 is 41.3 Å². The van der Waals surface area contributed by atoms with Crippen molar-refractivity contribution in [2.24, 2.45) is 10.4 Å². The van der Waals surface area contributed by atoms with Gasteiger partial charge in [0.25, 0.3) is 0 Å². The predicted molar refractivity (Wildman–Crippen MR) is 109 cm³/mol. The van der Waals surface area contributed by atoms with E-state index in [1.54, 1.807) is 17.6 Å². The van der Waals surface area contributed by atoms with E-state index in [0.717, 1.165) is 49.3 Å². The number of aliphatic imine (C=N–C) groups is 1. The number of nitrogens with zero attached hydrogens (tertiary/aromatic N) is 3. The third kappa shape index (κ3) is 4.01. The second-order valence-electron chi connectivity index (χ2n) is 6.50. The molecule has 0 amide bonds. The number of likely N-dealkylation sites (tertiary alicyclic amines) is 1. The number of thiophene rings is 1. The highest BCUT2D eigenvalue weighted by Crippen LogP contribution is 2.38. The highest BCUT2D eigenvalue weighted by atomic mass is 127. The van der Waals surface area contributed by atoms with Gasteiger partial charge in [-0.2, -0.15) is 0 Å². The normalized spacial score (nSPS) is 23.2. The summed E-state index contributed by atoms with van der Waals surface area (Å²) in [6.45, 7) is 4.44. The van der Waals surface area contributed by atoms with Gasteiger partial charge in [0.1, 0.15) is 6.26 Å². The summed E-state index contributed by atoms with van der Waals surface area (Å²) in [4.78, 5) is 12.4. The van der Waals surface area contributed by atoms with Crippen molar-refractivity contribution in [3.63, 3.8) is 0 Å². The molecular weight excluding hydrogens is 451 g/mol. The lowest BCUT2D eigenvalue weighted by atomic mass is 9.87. The minimum atomic E-state index is 0. The molecule has 8 heteroatoms. The van der Waals surface area contributed by atoms with Gasteiger partial charge in [0.2, 0.25) is 5.89 Å². The Balaban J connectivity index is 0.00000182. The van der Waals surface area contributed by atoms with Crippen LogP contribution in [-0.4, -0.2) is 49.2 Å². The first-order valence-electron chi connectivity index (χ1n) is 8.30. The van der Waals surface area contributed by atoms with Crippen molar-refractivity contribution < 1.29 is 9.15 Å². The molecule has 2 saturated heterocycles. The van der Waals surface area contributed by atoms with Crippen molar-refractivity contribution in [2.75, 3.05) is 33.4 Å². The minimum Gasteiger partial charge on any atom is -0.443 e. The minimum absolute atomic E-state index is 0. The zero-order chi connectivity index (χ0) is 16.4. The number of halogens is 1. The number of rotatable bonds is 3. The first kappa shape index (κ1) is 18.7. The zero-order valence-corrected chi connectivity index (χ0v) is 17.4. The van der Waals surface area contributed by atoms with E-state index in [4.69, 9.17) is 9.15 Å². The van der Waals surface area contributed by atoms with Gasteiger partial charge >= 0.3 is 0 Å². The molecule has 1 spiro atoms. The van der Waals surface area contributed by atoms with Crippen molar-refractivity contribution in [1.29, 1.82) is 0 Å². The molecule has 0 bridgehead atoms. The fourth-order valence-electron chi connectivity index (χ4n) is 3.49. The Morgan fingerprint density at radius 3 is 3.12 bits per heavy atom. The van der Waals surface area contributed by atoms with Crippen LogP contribution >= 0.6 is 35.3 Å². The molecule has 25 heavy (non-hydrogen) atoms. The molecule has 2 aliphatic rings. The lowest BCUT2D eigenvalue weighted by Crippen LogP contribution is -2.41. The molecule has 0 aliphatic carbocycles. The molecule has 2 aliphatic heterocycles. The molecule has 2 fully saturated rings. The van der Waals surface area contributed by atoms with Gasteiger partial charge in [0.15, 0.2) is 5.96 Å². The Kier molecular flexibility index (Phi) is 6.00. The molecule has 1 N–H and O–H groups in total. The molecule has 1 atom stereocenters. The average molecular weight is 474 g/mol. The van der Waals surface area contributed by atoms with E-state index in [2.05, 4.69) is 20.2 Å². The standard InChI is InChI=1S/C17H22N4O2S.HI/c1-18-16(21-6-4-17(11-21)5-7-22-12-17)19-9-13-10-23-15(20-13)14-3-2-8-24-14;/h2-3,8,10H,4-7,9,11-12H2,1H3,(H,18,19);1H. The monoisotopic (exact) mass is 474 g/mol. The fraction of sp³-hybridized carbons (Fsp3) is 0.529. The molecule has 4 heterocycles. The van der Waals surface area contributed by atoms with Crippen molar-refractivity contribution in [2.45, 2.75) is 19.4 Å². The number of nitrogens with one attached hydrogen (secondary N) is 1. The van der Waals surface area contributed by atoms with Crippen LogP contribution in [0.1, 0.15) is 18.5 Å². The Bertz CT molecular complexity index is 710. The van der Waals surface area contributed by atoms with Gasteiger partial charge in [-0.1, -0.05) is 6.07 Å². The van der Waals surface area contributed by atoms with Crippen LogP contribution in [-0.2, 0) is 11.3 Å². The molecule has 0 aromatic carbocycles. The summed E-state index contributed by atoms with van der Waals surface area (Å²) in [6.07, 6.45) is 4.06. The number of aromatic nitrogens is 1. The van der Waals surface area contributed by atoms with Gasteiger partial charge in [-0.05, 0) is 24.3 Å². The van der Waals surface area contributed by atoms with Crippen molar-refractivity contribution in [3.8, 4) is 10.8 Å². The Labute approximate surface area is 168 Å². The summed E-state index contributed by atoms with van der Waals surface area (Å²) in [5, 5.41) is 5.43. The number of ether oxygens (including phenoxy) is 1. The highest BCUT2D eigenvalue weighted by molar-refractivity contribution is 14.0. The molecule has 1 unspecified atom stereocenters. The van der Waals surface area contributed by atoms with Gasteiger partial charge in [0.05, 0.1) is 23.7 Å². The van der Waals surface area contributed by atoms with E-state index in [0.29, 0.717) is 17.9 Å². The first-order valence-corrected chi connectivity index (χ1v) is 9.18. The van der Waals surface area contributed by atoms with Gasteiger partial charge in [0, 0.05) is 32.2 Å². The Morgan fingerprint density at radius 2 is 2.40 bits per heavy atom. The maximum Gasteiger partial charge on any atom is 0.236 e. The van der Waals surface area contributed by atoms with Crippen LogP contribution in [0.15, 0.2) is 33.2 Å². The maximum absolute atomic E-state index is 5.60. The SMILES string of the molecule is CN=C(NCc1coc(-c2cccs2)n1)N1CCC2(CCOC2)C1.I. The summed E-state index contributed by atoms with van der Waals surface area (Å²) < 4.78 is 11.2. The second-order valence-corrected chi connectivity index (χ2v) is 7.44. The van der Waals surface area contributed by atoms with Crippen LogP contribution in [0, 0.1) is 5.41 Å². The van der Waals surface area contributed by atoms with Crippen LogP contribution in [0.3, 0.4) is 0 Å². The molecule has 6 nitrogen and oxygen atoms in total. The molecular formula is C17H23IN4O2S. The number of hydrogen-bond donors (Lipinski definition) is 1. The maximum atomic E-state index is 5.60. The fourth-order valence-corrected chi connectivity index (χ4v) is 4.15. The number of oxazole rings is 1. The van der Waals surface area contributed by atoms with E-state index in [1.165, 1.54) is 6.42 Å². The third-order valence-electron chi connectivity index (χ3n) is 4.85. The number of guanidine groups is 1. The van der Waals surface area contributed by atoms with Gasteiger partial charge in [-0.25, -0.2) is 4.98 Å². The molecule has 0 saturated carbocycles. The quantitative estimate of drug-likeness (QED) is 0.421. The summed E-state index contributed by atoms with van der Waals surface area (Å²) >= 11 is 1.63. The first-order chi connectivity index (χ1) is 11.8. The second kappa shape index (κ2) is 8.05. The summed E-state index contributed by atoms with van der Waals surface area (Å²) in [6, 6.07) is 4.01. The Hall–Kier alpha value is -1.13. The lowest BCUT2D eigenvalue weighted by Gasteiger charge is -2.24. The van der Waals surface area contributed by atoms with Gasteiger partial charge < -0.3 is 19.4 Å². The lowest BCUT2D eigenvalue weighted by molar-refractivity contribution is 0.156. The van der Waals surface area contributed by atoms with E-state index in [-0.39, 0.29) is 24.0 Å². The predicted octanol–water partition coefficient (Wildman–Crippen LogP) is 3.21. The van der Waals surface area contributed by atoms with E-state index in [1.807, 2.05) is 24.6 Å². The van der Waals surface area contributed by atoms with Crippen LogP contribution in [0.2, 0.25) is 0 Å². The summed E-state index contributed by atoms with van der Waals surface area (Å²) in [7, 11) is 1.83. The number of hydrogen-bond acceptors (Lipinski definition) is 5. The highest BCUT2D eigenvalue weighted by Gasteiger charge is 2.42. The smallest absolute Gasteiger partial charge is 0.236 e. The summed E-state index contributed by atoms with van der Waals surface area (Å²) in [5.74, 6) is 1.61. The Morgan fingerprint density at radius 1 is 1.48 bits per heavy atom. The van der Waals surface area contributed by atoms with Crippen molar-refractivity contribution in [3.05, 3.63) is 29.5 Å². The average Bonchev–Trinajstić information content (AvgIpc) is 3.37. The van der Waals surface area contributed by atoms with Crippen LogP contribution < -0.4 is 5.32 Å².